The zero-order valence-corrected chi connectivity index (χ0v) is 15.9. The highest BCUT2D eigenvalue weighted by atomic mass is 19.1. The van der Waals surface area contributed by atoms with E-state index in [1.807, 2.05) is 0 Å². The van der Waals surface area contributed by atoms with Gasteiger partial charge in [-0.1, -0.05) is 6.07 Å². The van der Waals surface area contributed by atoms with Gasteiger partial charge < -0.3 is 19.2 Å². The molecule has 4 rings (SSSR count). The summed E-state index contributed by atoms with van der Waals surface area (Å²) >= 11 is 0. The summed E-state index contributed by atoms with van der Waals surface area (Å²) < 4.78 is 24.5. The van der Waals surface area contributed by atoms with Gasteiger partial charge in [-0.25, -0.2) is 4.39 Å². The van der Waals surface area contributed by atoms with Gasteiger partial charge in [0.05, 0.1) is 18.9 Å². The maximum Gasteiger partial charge on any atom is 0.296 e. The van der Waals surface area contributed by atoms with Crippen molar-refractivity contribution in [3.8, 4) is 5.75 Å². The van der Waals surface area contributed by atoms with Gasteiger partial charge in [-0.2, -0.15) is 0 Å². The van der Waals surface area contributed by atoms with E-state index in [0.717, 1.165) is 6.07 Å². The zero-order chi connectivity index (χ0) is 21.3. The van der Waals surface area contributed by atoms with Gasteiger partial charge in [0, 0.05) is 24.5 Å². The van der Waals surface area contributed by atoms with Crippen LogP contribution in [0, 0.1) is 5.82 Å². The molecule has 7 nitrogen and oxygen atoms in total. The molecule has 1 N–H and O–H groups in total. The predicted octanol–water partition coefficient (Wildman–Crippen LogP) is 3.44. The first-order valence-electron chi connectivity index (χ1n) is 9.06. The van der Waals surface area contributed by atoms with Crippen molar-refractivity contribution in [3.63, 3.8) is 0 Å². The lowest BCUT2D eigenvalue weighted by molar-refractivity contribution is -0.140. The minimum atomic E-state index is -0.967. The molecule has 1 aromatic carbocycles. The van der Waals surface area contributed by atoms with Crippen LogP contribution in [0.5, 0.6) is 5.75 Å². The number of halogens is 1. The van der Waals surface area contributed by atoms with E-state index in [-0.39, 0.29) is 23.4 Å². The second-order valence-corrected chi connectivity index (χ2v) is 6.65. The fourth-order valence-corrected chi connectivity index (χ4v) is 3.44. The Morgan fingerprint density at radius 1 is 1.27 bits per heavy atom. The van der Waals surface area contributed by atoms with E-state index in [2.05, 4.69) is 4.98 Å². The number of aromatic nitrogens is 1. The van der Waals surface area contributed by atoms with Crippen LogP contribution < -0.4 is 4.74 Å². The van der Waals surface area contributed by atoms with Crippen LogP contribution >= 0.6 is 0 Å². The summed E-state index contributed by atoms with van der Waals surface area (Å²) in [7, 11) is 1.32. The second-order valence-electron chi connectivity index (χ2n) is 6.65. The Morgan fingerprint density at radius 2 is 2.10 bits per heavy atom. The van der Waals surface area contributed by atoms with Gasteiger partial charge in [0.1, 0.15) is 17.6 Å². The molecular formula is C22H17FN2O5. The SMILES string of the molecule is COc1ccc(C(O)=C2C(=O)C(=O)N(Cc3cccnc3)[C@H]2c2ccco2)cc1F. The first kappa shape index (κ1) is 19.4. The number of carbonyl (C=O) groups is 2. The molecule has 0 saturated carbocycles. The number of methoxy groups -OCH3 is 1. The number of rotatable bonds is 5. The number of ketones is 1. The first-order valence-corrected chi connectivity index (χ1v) is 9.06. The van der Waals surface area contributed by atoms with Crippen LogP contribution in [0.25, 0.3) is 5.76 Å². The highest BCUT2D eigenvalue weighted by Gasteiger charge is 2.47. The van der Waals surface area contributed by atoms with Crippen LogP contribution in [0.2, 0.25) is 0 Å². The Morgan fingerprint density at radius 3 is 2.73 bits per heavy atom. The van der Waals surface area contributed by atoms with E-state index in [9.17, 15) is 19.1 Å². The Bertz CT molecular complexity index is 1130. The number of amides is 1. The zero-order valence-electron chi connectivity index (χ0n) is 15.9. The lowest BCUT2D eigenvalue weighted by atomic mass is 9.99. The molecule has 0 spiro atoms. The van der Waals surface area contributed by atoms with Crippen molar-refractivity contribution in [2.45, 2.75) is 12.6 Å². The Kier molecular flexibility index (Phi) is 5.05. The summed E-state index contributed by atoms with van der Waals surface area (Å²) in [6.45, 7) is 0.0809. The number of carbonyl (C=O) groups excluding carboxylic acids is 2. The van der Waals surface area contributed by atoms with Crippen molar-refractivity contribution in [2.75, 3.05) is 7.11 Å². The van der Waals surface area contributed by atoms with Crippen LogP contribution in [0.15, 0.2) is 71.1 Å². The quantitative estimate of drug-likeness (QED) is 0.395. The Balaban J connectivity index is 1.83. The number of nitrogens with zero attached hydrogens (tertiary/aromatic N) is 2. The normalized spacial score (nSPS) is 18.1. The van der Waals surface area contributed by atoms with Crippen LogP contribution in [0.4, 0.5) is 4.39 Å². The third-order valence-corrected chi connectivity index (χ3v) is 4.85. The van der Waals surface area contributed by atoms with Crippen molar-refractivity contribution in [1.82, 2.24) is 9.88 Å². The van der Waals surface area contributed by atoms with Crippen LogP contribution in [0.1, 0.15) is 22.9 Å². The number of pyridine rings is 1. The molecule has 1 saturated heterocycles. The van der Waals surface area contributed by atoms with Crippen molar-refractivity contribution in [3.05, 3.63) is 89.4 Å². The van der Waals surface area contributed by atoms with E-state index in [0.29, 0.717) is 11.3 Å². The van der Waals surface area contributed by atoms with Crippen molar-refractivity contribution in [1.29, 1.82) is 0 Å². The largest absolute Gasteiger partial charge is 0.507 e. The van der Waals surface area contributed by atoms with Gasteiger partial charge in [0.25, 0.3) is 11.7 Å². The molecule has 3 aromatic rings. The third-order valence-electron chi connectivity index (χ3n) is 4.85. The summed E-state index contributed by atoms with van der Waals surface area (Å²) in [6, 6.07) is 9.52. The molecule has 2 aromatic heterocycles. The Labute approximate surface area is 171 Å². The standard InChI is InChI=1S/C22H17FN2O5/c1-29-16-7-6-14(10-15(16)23)20(26)18-19(17-5-3-9-30-17)25(22(28)21(18)27)12-13-4-2-8-24-11-13/h2-11,19,26H,12H2,1H3/t19-/m0/s1. The molecule has 0 radical (unpaired) electrons. The van der Waals surface area contributed by atoms with Gasteiger partial charge in [0.2, 0.25) is 0 Å². The number of benzene rings is 1. The maximum atomic E-state index is 14.2. The van der Waals surface area contributed by atoms with Gasteiger partial charge in [-0.3, -0.25) is 14.6 Å². The number of furan rings is 1. The summed E-state index contributed by atoms with van der Waals surface area (Å²) in [5, 5.41) is 10.9. The van der Waals surface area contributed by atoms with Gasteiger partial charge in [0.15, 0.2) is 11.6 Å². The Hall–Kier alpha value is -3.94. The molecule has 8 heteroatoms. The molecular weight excluding hydrogens is 391 g/mol. The molecule has 1 fully saturated rings. The topological polar surface area (TPSA) is 92.9 Å². The second kappa shape index (κ2) is 7.82. The number of likely N-dealkylation sites (tertiary alicyclic amines) is 1. The van der Waals surface area contributed by atoms with Gasteiger partial charge >= 0.3 is 0 Å². The highest BCUT2D eigenvalue weighted by Crippen LogP contribution is 2.40. The first-order chi connectivity index (χ1) is 14.5. The number of hydrogen-bond acceptors (Lipinski definition) is 6. The fourth-order valence-electron chi connectivity index (χ4n) is 3.44. The van der Waals surface area contributed by atoms with E-state index in [4.69, 9.17) is 9.15 Å². The maximum absolute atomic E-state index is 14.2. The molecule has 1 aliphatic heterocycles. The minimum absolute atomic E-state index is 0.00818. The van der Waals surface area contributed by atoms with Crippen molar-refractivity contribution < 1.29 is 28.2 Å². The minimum Gasteiger partial charge on any atom is -0.507 e. The molecule has 30 heavy (non-hydrogen) atoms. The lowest BCUT2D eigenvalue weighted by Gasteiger charge is -2.23. The lowest BCUT2D eigenvalue weighted by Crippen LogP contribution is -2.29. The van der Waals surface area contributed by atoms with E-state index in [1.165, 1.54) is 30.4 Å². The number of Topliss-reactive ketones (excluding diaryl/α,β-unsaturated/α-hetero) is 1. The molecule has 0 bridgehead atoms. The van der Waals surface area contributed by atoms with Crippen LogP contribution in [-0.2, 0) is 16.1 Å². The molecule has 1 amide bonds. The van der Waals surface area contributed by atoms with Crippen molar-refractivity contribution in [2.24, 2.45) is 0 Å². The van der Waals surface area contributed by atoms with Gasteiger partial charge in [-0.15, -0.1) is 0 Å². The average Bonchev–Trinajstić information content (AvgIpc) is 3.37. The van der Waals surface area contributed by atoms with E-state index >= 15 is 0 Å². The van der Waals surface area contributed by atoms with Crippen molar-refractivity contribution >= 4 is 17.4 Å². The summed E-state index contributed by atoms with van der Waals surface area (Å²) in [6.07, 6.45) is 4.59. The number of aliphatic hydroxyl groups is 1. The van der Waals surface area contributed by atoms with Crippen LogP contribution in [-0.4, -0.2) is 33.8 Å². The molecule has 1 atom stereocenters. The molecule has 152 valence electrons. The van der Waals surface area contributed by atoms with E-state index < -0.39 is 29.3 Å². The molecule has 1 aliphatic rings. The predicted molar refractivity (Wildman–Crippen MR) is 104 cm³/mol. The summed E-state index contributed by atoms with van der Waals surface area (Å²) in [5.74, 6) is -2.59. The molecule has 3 heterocycles. The van der Waals surface area contributed by atoms with E-state index in [1.54, 1.807) is 36.7 Å². The number of ether oxygens (including phenoxy) is 1. The monoisotopic (exact) mass is 408 g/mol. The third kappa shape index (κ3) is 3.32. The number of aliphatic hydroxyl groups excluding tert-OH is 1. The summed E-state index contributed by atoms with van der Waals surface area (Å²) in [5.41, 5.74) is 0.569. The fraction of sp³-hybridized carbons (Fsp3) is 0.136. The number of hydrogen-bond donors (Lipinski definition) is 1. The molecule has 0 aliphatic carbocycles. The average molecular weight is 408 g/mol. The smallest absolute Gasteiger partial charge is 0.296 e. The van der Waals surface area contributed by atoms with Crippen LogP contribution in [0.3, 0.4) is 0 Å². The highest BCUT2D eigenvalue weighted by molar-refractivity contribution is 6.46. The van der Waals surface area contributed by atoms with Gasteiger partial charge in [-0.05, 0) is 42.0 Å². The molecule has 0 unspecified atom stereocenters. The summed E-state index contributed by atoms with van der Waals surface area (Å²) in [4.78, 5) is 31.0.